The Bertz CT molecular complexity index is 847. The summed E-state index contributed by atoms with van der Waals surface area (Å²) >= 11 is 5.90. The standard InChI is InChI=1S/C15H12ClN3O2/c16-11-3-1-2-10(6-11)14(20)8-19-9-18-13-7-17-5-4-12(13)15(19)21/h1-7,9,14,20H,8H2. The van der Waals surface area contributed by atoms with E-state index in [0.29, 0.717) is 21.5 Å². The number of nitrogens with zero attached hydrogens (tertiary/aromatic N) is 3. The van der Waals surface area contributed by atoms with E-state index in [0.717, 1.165) is 0 Å². The fourth-order valence-corrected chi connectivity index (χ4v) is 2.34. The van der Waals surface area contributed by atoms with Gasteiger partial charge in [-0.1, -0.05) is 23.7 Å². The van der Waals surface area contributed by atoms with Gasteiger partial charge in [-0.2, -0.15) is 0 Å². The van der Waals surface area contributed by atoms with E-state index in [-0.39, 0.29) is 12.1 Å². The summed E-state index contributed by atoms with van der Waals surface area (Å²) in [7, 11) is 0. The number of halogens is 1. The molecule has 1 unspecified atom stereocenters. The first-order valence-corrected chi connectivity index (χ1v) is 6.75. The van der Waals surface area contributed by atoms with Gasteiger partial charge in [0.05, 0.1) is 36.1 Å². The Morgan fingerprint density at radius 2 is 2.19 bits per heavy atom. The second-order valence-corrected chi connectivity index (χ2v) is 5.10. The van der Waals surface area contributed by atoms with Crippen LogP contribution in [0, 0.1) is 0 Å². The van der Waals surface area contributed by atoms with Crippen LogP contribution in [-0.2, 0) is 6.54 Å². The molecule has 0 aliphatic rings. The normalized spacial score (nSPS) is 12.5. The van der Waals surface area contributed by atoms with E-state index >= 15 is 0 Å². The van der Waals surface area contributed by atoms with Gasteiger partial charge in [-0.25, -0.2) is 4.98 Å². The monoisotopic (exact) mass is 301 g/mol. The molecule has 0 saturated carbocycles. The van der Waals surface area contributed by atoms with E-state index in [1.54, 1.807) is 36.5 Å². The number of aliphatic hydroxyl groups is 1. The SMILES string of the molecule is O=c1c2ccncc2ncn1CC(O)c1cccc(Cl)c1. The molecule has 6 heteroatoms. The van der Waals surface area contributed by atoms with Gasteiger partial charge in [-0.15, -0.1) is 0 Å². The van der Waals surface area contributed by atoms with Crippen molar-refractivity contribution in [3.8, 4) is 0 Å². The molecular weight excluding hydrogens is 290 g/mol. The van der Waals surface area contributed by atoms with Crippen LogP contribution in [0.25, 0.3) is 10.9 Å². The summed E-state index contributed by atoms with van der Waals surface area (Å²) in [4.78, 5) is 20.4. The smallest absolute Gasteiger partial charge is 0.261 e. The van der Waals surface area contributed by atoms with Crippen LogP contribution in [0.2, 0.25) is 5.02 Å². The van der Waals surface area contributed by atoms with Crippen molar-refractivity contribution in [2.24, 2.45) is 0 Å². The number of fused-ring (bicyclic) bond motifs is 1. The summed E-state index contributed by atoms with van der Waals surface area (Å²) in [5.74, 6) is 0. The number of hydrogen-bond donors (Lipinski definition) is 1. The van der Waals surface area contributed by atoms with E-state index in [4.69, 9.17) is 11.6 Å². The van der Waals surface area contributed by atoms with Crippen LogP contribution >= 0.6 is 11.6 Å². The zero-order chi connectivity index (χ0) is 14.8. The van der Waals surface area contributed by atoms with Gasteiger partial charge in [0.15, 0.2) is 0 Å². The molecule has 2 aromatic heterocycles. The van der Waals surface area contributed by atoms with E-state index in [2.05, 4.69) is 9.97 Å². The molecule has 0 radical (unpaired) electrons. The van der Waals surface area contributed by atoms with Crippen molar-refractivity contribution in [1.29, 1.82) is 0 Å². The summed E-state index contributed by atoms with van der Waals surface area (Å²) < 4.78 is 1.38. The number of hydrogen-bond acceptors (Lipinski definition) is 4. The van der Waals surface area contributed by atoms with Crippen molar-refractivity contribution in [1.82, 2.24) is 14.5 Å². The van der Waals surface area contributed by atoms with Crippen LogP contribution in [0.3, 0.4) is 0 Å². The molecule has 5 nitrogen and oxygen atoms in total. The van der Waals surface area contributed by atoms with E-state index in [1.807, 2.05) is 0 Å². The molecule has 2 heterocycles. The summed E-state index contributed by atoms with van der Waals surface area (Å²) in [5, 5.41) is 11.3. The number of pyridine rings is 1. The second kappa shape index (κ2) is 5.63. The van der Waals surface area contributed by atoms with Crippen LogP contribution in [0.1, 0.15) is 11.7 Å². The zero-order valence-electron chi connectivity index (χ0n) is 11.0. The quantitative estimate of drug-likeness (QED) is 0.805. The van der Waals surface area contributed by atoms with Gasteiger partial charge in [0, 0.05) is 11.2 Å². The molecule has 0 amide bonds. The minimum atomic E-state index is -0.831. The number of benzene rings is 1. The summed E-state index contributed by atoms with van der Waals surface area (Å²) in [5.41, 5.74) is 0.990. The fourth-order valence-electron chi connectivity index (χ4n) is 2.14. The average molecular weight is 302 g/mol. The summed E-state index contributed by atoms with van der Waals surface area (Å²) in [6, 6.07) is 8.55. The molecule has 0 bridgehead atoms. The van der Waals surface area contributed by atoms with Gasteiger partial charge < -0.3 is 5.11 Å². The molecule has 1 atom stereocenters. The molecule has 1 N–H and O–H groups in total. The van der Waals surface area contributed by atoms with E-state index in [9.17, 15) is 9.90 Å². The Morgan fingerprint density at radius 1 is 1.33 bits per heavy atom. The zero-order valence-corrected chi connectivity index (χ0v) is 11.7. The van der Waals surface area contributed by atoms with Gasteiger partial charge in [0.1, 0.15) is 0 Å². The van der Waals surface area contributed by atoms with Gasteiger partial charge in [-0.3, -0.25) is 14.3 Å². The van der Waals surface area contributed by atoms with Crippen LogP contribution in [0.5, 0.6) is 0 Å². The molecule has 106 valence electrons. The predicted molar refractivity (Wildman–Crippen MR) is 80.2 cm³/mol. The highest BCUT2D eigenvalue weighted by atomic mass is 35.5. The van der Waals surface area contributed by atoms with Crippen LogP contribution in [-0.4, -0.2) is 19.6 Å². The van der Waals surface area contributed by atoms with Crippen molar-refractivity contribution < 1.29 is 5.11 Å². The highest BCUT2D eigenvalue weighted by Gasteiger charge is 2.11. The molecule has 21 heavy (non-hydrogen) atoms. The molecule has 0 aliphatic carbocycles. The van der Waals surface area contributed by atoms with E-state index < -0.39 is 6.10 Å². The molecule has 3 rings (SSSR count). The average Bonchev–Trinajstić information content (AvgIpc) is 2.50. The molecule has 3 aromatic rings. The lowest BCUT2D eigenvalue weighted by molar-refractivity contribution is 0.155. The maximum atomic E-state index is 12.3. The Kier molecular flexibility index (Phi) is 3.68. The third kappa shape index (κ3) is 2.79. The van der Waals surface area contributed by atoms with Gasteiger partial charge in [0.2, 0.25) is 0 Å². The Morgan fingerprint density at radius 3 is 3.00 bits per heavy atom. The topological polar surface area (TPSA) is 68.0 Å². The first-order chi connectivity index (χ1) is 10.1. The lowest BCUT2D eigenvalue weighted by atomic mass is 10.1. The first-order valence-electron chi connectivity index (χ1n) is 6.38. The lowest BCUT2D eigenvalue weighted by Crippen LogP contribution is -2.23. The van der Waals surface area contributed by atoms with Gasteiger partial charge in [0.25, 0.3) is 5.56 Å². The largest absolute Gasteiger partial charge is 0.387 e. The molecule has 0 fully saturated rings. The third-order valence-electron chi connectivity index (χ3n) is 3.23. The van der Waals surface area contributed by atoms with Crippen molar-refractivity contribution >= 4 is 22.5 Å². The van der Waals surface area contributed by atoms with E-state index in [1.165, 1.54) is 17.1 Å². The third-order valence-corrected chi connectivity index (χ3v) is 3.47. The minimum Gasteiger partial charge on any atom is -0.387 e. The molecule has 0 aliphatic heterocycles. The highest BCUT2D eigenvalue weighted by molar-refractivity contribution is 6.30. The molecule has 0 spiro atoms. The fraction of sp³-hybridized carbons (Fsp3) is 0.133. The predicted octanol–water partition coefficient (Wildman–Crippen LogP) is 2.18. The Hall–Kier alpha value is -2.24. The number of aromatic nitrogens is 3. The van der Waals surface area contributed by atoms with Gasteiger partial charge >= 0.3 is 0 Å². The summed E-state index contributed by atoms with van der Waals surface area (Å²) in [6.45, 7) is 0.116. The van der Waals surface area contributed by atoms with Crippen molar-refractivity contribution in [2.45, 2.75) is 12.6 Å². The maximum absolute atomic E-state index is 12.3. The first kappa shape index (κ1) is 13.7. The van der Waals surface area contributed by atoms with Crippen LogP contribution < -0.4 is 5.56 Å². The highest BCUT2D eigenvalue weighted by Crippen LogP contribution is 2.18. The Balaban J connectivity index is 1.95. The number of rotatable bonds is 3. The molecule has 1 aromatic carbocycles. The number of aliphatic hydroxyl groups excluding tert-OH is 1. The van der Waals surface area contributed by atoms with Crippen LogP contribution in [0.15, 0.2) is 53.8 Å². The Labute approximate surface area is 125 Å². The molecular formula is C15H12ClN3O2. The second-order valence-electron chi connectivity index (χ2n) is 4.67. The summed E-state index contributed by atoms with van der Waals surface area (Å²) in [6.07, 6.45) is 3.67. The molecule has 0 saturated heterocycles. The van der Waals surface area contributed by atoms with Crippen molar-refractivity contribution in [3.05, 3.63) is 70.0 Å². The van der Waals surface area contributed by atoms with Crippen LogP contribution in [0.4, 0.5) is 0 Å². The van der Waals surface area contributed by atoms with Crippen molar-refractivity contribution in [3.63, 3.8) is 0 Å². The maximum Gasteiger partial charge on any atom is 0.261 e. The van der Waals surface area contributed by atoms with Gasteiger partial charge in [-0.05, 0) is 23.8 Å². The lowest BCUT2D eigenvalue weighted by Gasteiger charge is -2.13. The van der Waals surface area contributed by atoms with Crippen molar-refractivity contribution in [2.75, 3.05) is 0 Å². The minimum absolute atomic E-state index is 0.116.